The number of likely N-dealkylation sites (tertiary alicyclic amines) is 2. The van der Waals surface area contributed by atoms with Crippen molar-refractivity contribution in [2.75, 3.05) is 26.2 Å². The van der Waals surface area contributed by atoms with Crippen LogP contribution in [-0.2, 0) is 16.1 Å². The molecular weight excluding hydrogens is 340 g/mol. The Morgan fingerprint density at radius 1 is 0.963 bits per heavy atom. The first-order valence-corrected chi connectivity index (χ1v) is 10.2. The molecule has 0 spiro atoms. The van der Waals surface area contributed by atoms with E-state index in [0.29, 0.717) is 32.0 Å². The Hall–Kier alpha value is -2.37. The predicted molar refractivity (Wildman–Crippen MR) is 104 cm³/mol. The number of rotatable bonds is 4. The Bertz CT molecular complexity index is 801. The lowest BCUT2D eigenvalue weighted by Crippen LogP contribution is -2.45. The summed E-state index contributed by atoms with van der Waals surface area (Å²) < 4.78 is 2.04. The first-order valence-electron chi connectivity index (χ1n) is 10.2. The van der Waals surface area contributed by atoms with Crippen LogP contribution in [0.3, 0.4) is 0 Å². The van der Waals surface area contributed by atoms with Crippen molar-refractivity contribution in [1.82, 2.24) is 19.4 Å². The first kappa shape index (κ1) is 18.0. The third kappa shape index (κ3) is 3.99. The molecule has 2 amide bonds. The van der Waals surface area contributed by atoms with Gasteiger partial charge in [0.15, 0.2) is 0 Å². The molecule has 0 radical (unpaired) electrons. The standard InChI is InChI=1S/C21H28N4O2/c26-20(10-15-25-16-22-18-6-2-3-7-19(18)25)23-13-8-17(9-14-23)21(27)24-11-4-1-5-12-24/h2-3,6-7,16-17H,1,4-5,8-15H2. The Balaban J connectivity index is 1.26. The van der Waals surface area contributed by atoms with Crippen LogP contribution < -0.4 is 0 Å². The molecule has 3 heterocycles. The van der Waals surface area contributed by atoms with E-state index in [1.807, 2.05) is 45.0 Å². The lowest BCUT2D eigenvalue weighted by Gasteiger charge is -2.35. The summed E-state index contributed by atoms with van der Waals surface area (Å²) in [6, 6.07) is 7.98. The fraction of sp³-hybridized carbons (Fsp3) is 0.571. The van der Waals surface area contributed by atoms with E-state index in [9.17, 15) is 9.59 Å². The number of fused-ring (bicyclic) bond motifs is 1. The molecule has 6 nitrogen and oxygen atoms in total. The van der Waals surface area contributed by atoms with Gasteiger partial charge in [-0.2, -0.15) is 0 Å². The smallest absolute Gasteiger partial charge is 0.225 e. The van der Waals surface area contributed by atoms with E-state index in [2.05, 4.69) is 4.98 Å². The molecule has 2 aliphatic heterocycles. The minimum Gasteiger partial charge on any atom is -0.343 e. The Morgan fingerprint density at radius 2 is 1.70 bits per heavy atom. The third-order valence-corrected chi connectivity index (χ3v) is 5.96. The van der Waals surface area contributed by atoms with E-state index in [1.165, 1.54) is 6.42 Å². The molecule has 27 heavy (non-hydrogen) atoms. The molecule has 4 rings (SSSR count). The summed E-state index contributed by atoms with van der Waals surface area (Å²) in [6.45, 7) is 3.88. The molecule has 144 valence electrons. The molecule has 0 saturated carbocycles. The van der Waals surface area contributed by atoms with E-state index in [-0.39, 0.29) is 11.8 Å². The van der Waals surface area contributed by atoms with E-state index in [1.54, 1.807) is 0 Å². The van der Waals surface area contributed by atoms with Crippen molar-refractivity contribution in [2.45, 2.75) is 45.1 Å². The summed E-state index contributed by atoms with van der Waals surface area (Å²) in [4.78, 5) is 33.6. The number of hydrogen-bond acceptors (Lipinski definition) is 3. The van der Waals surface area contributed by atoms with Crippen molar-refractivity contribution in [3.8, 4) is 0 Å². The molecule has 2 fully saturated rings. The Morgan fingerprint density at radius 3 is 2.48 bits per heavy atom. The summed E-state index contributed by atoms with van der Waals surface area (Å²) in [6.07, 6.45) is 7.39. The molecule has 0 N–H and O–H groups in total. The number of para-hydroxylation sites is 2. The van der Waals surface area contributed by atoms with Gasteiger partial charge in [-0.1, -0.05) is 12.1 Å². The van der Waals surface area contributed by atoms with Crippen LogP contribution >= 0.6 is 0 Å². The van der Waals surface area contributed by atoms with Gasteiger partial charge in [0.2, 0.25) is 11.8 Å². The number of nitrogens with zero attached hydrogens (tertiary/aromatic N) is 4. The topological polar surface area (TPSA) is 58.4 Å². The van der Waals surface area contributed by atoms with Gasteiger partial charge in [0.1, 0.15) is 0 Å². The molecule has 0 unspecified atom stereocenters. The molecule has 1 aromatic carbocycles. The van der Waals surface area contributed by atoms with Crippen molar-refractivity contribution >= 4 is 22.8 Å². The molecule has 6 heteroatoms. The highest BCUT2D eigenvalue weighted by atomic mass is 16.2. The number of imidazole rings is 1. The average molecular weight is 368 g/mol. The number of amides is 2. The highest BCUT2D eigenvalue weighted by Gasteiger charge is 2.30. The van der Waals surface area contributed by atoms with E-state index >= 15 is 0 Å². The van der Waals surface area contributed by atoms with Crippen LogP contribution in [0.4, 0.5) is 0 Å². The minimum absolute atomic E-state index is 0.102. The number of aromatic nitrogens is 2. The second-order valence-electron chi connectivity index (χ2n) is 7.72. The lowest BCUT2D eigenvalue weighted by molar-refractivity contribution is -0.141. The number of benzene rings is 1. The molecule has 2 aliphatic rings. The quantitative estimate of drug-likeness (QED) is 0.834. The summed E-state index contributed by atoms with van der Waals surface area (Å²) in [5, 5.41) is 0. The normalized spacial score (nSPS) is 18.8. The summed E-state index contributed by atoms with van der Waals surface area (Å²) in [5.74, 6) is 0.591. The van der Waals surface area contributed by atoms with Crippen LogP contribution in [0.25, 0.3) is 11.0 Å². The van der Waals surface area contributed by atoms with Gasteiger partial charge < -0.3 is 14.4 Å². The summed E-state index contributed by atoms with van der Waals surface area (Å²) >= 11 is 0. The molecule has 2 aromatic rings. The van der Waals surface area contributed by atoms with Gasteiger partial charge in [-0.3, -0.25) is 9.59 Å². The van der Waals surface area contributed by atoms with Gasteiger partial charge in [-0.05, 0) is 44.2 Å². The van der Waals surface area contributed by atoms with Gasteiger partial charge in [-0.25, -0.2) is 4.98 Å². The van der Waals surface area contributed by atoms with E-state index in [4.69, 9.17) is 0 Å². The van der Waals surface area contributed by atoms with Gasteiger partial charge in [0.05, 0.1) is 17.4 Å². The van der Waals surface area contributed by atoms with Gasteiger partial charge in [-0.15, -0.1) is 0 Å². The van der Waals surface area contributed by atoms with E-state index < -0.39 is 0 Å². The zero-order chi connectivity index (χ0) is 18.6. The largest absolute Gasteiger partial charge is 0.343 e. The minimum atomic E-state index is 0.102. The summed E-state index contributed by atoms with van der Waals surface area (Å²) in [7, 11) is 0. The van der Waals surface area contributed by atoms with Crippen LogP contribution in [0.2, 0.25) is 0 Å². The monoisotopic (exact) mass is 368 g/mol. The lowest BCUT2D eigenvalue weighted by atomic mass is 9.94. The fourth-order valence-corrected chi connectivity index (χ4v) is 4.31. The van der Waals surface area contributed by atoms with Crippen molar-refractivity contribution in [1.29, 1.82) is 0 Å². The highest BCUT2D eigenvalue weighted by Crippen LogP contribution is 2.22. The zero-order valence-corrected chi connectivity index (χ0v) is 15.8. The predicted octanol–water partition coefficient (Wildman–Crippen LogP) is 2.68. The van der Waals surface area contributed by atoms with Crippen LogP contribution in [-0.4, -0.2) is 57.3 Å². The molecule has 0 aliphatic carbocycles. The van der Waals surface area contributed by atoms with Crippen molar-refractivity contribution in [3.63, 3.8) is 0 Å². The SMILES string of the molecule is O=C(CCn1cnc2ccccc21)N1CCC(C(=O)N2CCCCC2)CC1. The van der Waals surface area contributed by atoms with E-state index in [0.717, 1.165) is 49.8 Å². The van der Waals surface area contributed by atoms with Gasteiger partial charge in [0.25, 0.3) is 0 Å². The maximum Gasteiger partial charge on any atom is 0.225 e. The maximum absolute atomic E-state index is 12.6. The number of aryl methyl sites for hydroxylation is 1. The molecule has 2 saturated heterocycles. The molecule has 1 aromatic heterocycles. The number of piperidine rings is 2. The Kier molecular flexibility index (Phi) is 5.41. The van der Waals surface area contributed by atoms with Crippen molar-refractivity contribution < 1.29 is 9.59 Å². The molecular formula is C21H28N4O2. The molecule has 0 bridgehead atoms. The second kappa shape index (κ2) is 8.11. The number of hydrogen-bond donors (Lipinski definition) is 0. The zero-order valence-electron chi connectivity index (χ0n) is 15.8. The fourth-order valence-electron chi connectivity index (χ4n) is 4.31. The van der Waals surface area contributed by atoms with Crippen LogP contribution in [0.5, 0.6) is 0 Å². The van der Waals surface area contributed by atoms with Gasteiger partial charge >= 0.3 is 0 Å². The molecule has 0 atom stereocenters. The van der Waals surface area contributed by atoms with Crippen LogP contribution in [0, 0.1) is 5.92 Å². The first-order chi connectivity index (χ1) is 13.2. The van der Waals surface area contributed by atoms with Gasteiger partial charge in [0, 0.05) is 45.1 Å². The average Bonchev–Trinajstić information content (AvgIpc) is 3.15. The highest BCUT2D eigenvalue weighted by molar-refractivity contribution is 5.80. The number of carbonyl (C=O) groups is 2. The van der Waals surface area contributed by atoms with Crippen LogP contribution in [0.1, 0.15) is 38.5 Å². The summed E-state index contributed by atoms with van der Waals surface area (Å²) in [5.41, 5.74) is 2.03. The van der Waals surface area contributed by atoms with Crippen LogP contribution in [0.15, 0.2) is 30.6 Å². The van der Waals surface area contributed by atoms with Crippen molar-refractivity contribution in [3.05, 3.63) is 30.6 Å². The third-order valence-electron chi connectivity index (χ3n) is 5.96. The van der Waals surface area contributed by atoms with Crippen molar-refractivity contribution in [2.24, 2.45) is 5.92 Å². The number of carbonyl (C=O) groups excluding carboxylic acids is 2. The maximum atomic E-state index is 12.6. The Labute approximate surface area is 160 Å². The second-order valence-corrected chi connectivity index (χ2v) is 7.72.